The average Bonchev–Trinajstić information content (AvgIpc) is 2.47. The second-order valence-electron chi connectivity index (χ2n) is 6.77. The average molecular weight is 266 g/mol. The number of piperidine rings is 1. The molecule has 2 atom stereocenters. The normalized spacial score (nSPS) is 28.4. The first kappa shape index (κ1) is 15.3. The molecule has 1 aliphatic heterocycles. The van der Waals surface area contributed by atoms with Gasteiger partial charge in [-0.05, 0) is 45.6 Å². The summed E-state index contributed by atoms with van der Waals surface area (Å²) in [5, 5.41) is 3.84. The Balaban J connectivity index is 1.74. The third kappa shape index (κ3) is 4.75. The SMILES string of the molecule is CCCC1CCCCN1C(C)CNC1CCCCC1. The van der Waals surface area contributed by atoms with Crippen molar-refractivity contribution in [1.29, 1.82) is 0 Å². The molecule has 2 aliphatic rings. The fourth-order valence-electron chi connectivity index (χ4n) is 4.01. The summed E-state index contributed by atoms with van der Waals surface area (Å²) in [5.74, 6) is 0. The highest BCUT2D eigenvalue weighted by Crippen LogP contribution is 2.23. The van der Waals surface area contributed by atoms with Gasteiger partial charge in [0.2, 0.25) is 0 Å². The minimum atomic E-state index is 0.721. The van der Waals surface area contributed by atoms with Gasteiger partial charge < -0.3 is 5.32 Å². The maximum atomic E-state index is 3.84. The van der Waals surface area contributed by atoms with Crippen LogP contribution in [-0.2, 0) is 0 Å². The summed E-state index contributed by atoms with van der Waals surface area (Å²) < 4.78 is 0. The molecule has 0 aromatic heterocycles. The second-order valence-corrected chi connectivity index (χ2v) is 6.77. The van der Waals surface area contributed by atoms with E-state index in [2.05, 4.69) is 24.1 Å². The van der Waals surface area contributed by atoms with E-state index in [1.807, 2.05) is 0 Å². The van der Waals surface area contributed by atoms with Crippen LogP contribution < -0.4 is 5.32 Å². The van der Waals surface area contributed by atoms with Crippen LogP contribution in [0, 0.1) is 0 Å². The molecule has 2 heteroatoms. The standard InChI is InChI=1S/C17H34N2/c1-3-9-17-12-7-8-13-19(17)15(2)14-18-16-10-5-4-6-11-16/h15-18H,3-14H2,1-2H3. The predicted octanol–water partition coefficient (Wildman–Crippen LogP) is 3.95. The summed E-state index contributed by atoms with van der Waals surface area (Å²) in [5.41, 5.74) is 0. The first-order valence-electron chi connectivity index (χ1n) is 8.80. The Bertz CT molecular complexity index is 233. The van der Waals surface area contributed by atoms with Gasteiger partial charge in [-0.2, -0.15) is 0 Å². The van der Waals surface area contributed by atoms with Crippen molar-refractivity contribution in [2.24, 2.45) is 0 Å². The quantitative estimate of drug-likeness (QED) is 0.783. The lowest BCUT2D eigenvalue weighted by Crippen LogP contribution is -2.50. The van der Waals surface area contributed by atoms with Crippen LogP contribution in [0.15, 0.2) is 0 Å². The van der Waals surface area contributed by atoms with E-state index in [9.17, 15) is 0 Å². The Labute approximate surface area is 120 Å². The van der Waals surface area contributed by atoms with Crippen LogP contribution in [-0.4, -0.2) is 36.1 Å². The molecule has 0 bridgehead atoms. The molecule has 2 rings (SSSR count). The first-order valence-corrected chi connectivity index (χ1v) is 8.80. The summed E-state index contributed by atoms with van der Waals surface area (Å²) in [4.78, 5) is 2.79. The molecule has 1 aliphatic carbocycles. The third-order valence-corrected chi connectivity index (χ3v) is 5.17. The van der Waals surface area contributed by atoms with Crippen LogP contribution in [0.2, 0.25) is 0 Å². The molecule has 1 heterocycles. The van der Waals surface area contributed by atoms with Crippen LogP contribution in [0.3, 0.4) is 0 Å². The van der Waals surface area contributed by atoms with E-state index >= 15 is 0 Å². The smallest absolute Gasteiger partial charge is 0.0195 e. The molecular weight excluding hydrogens is 232 g/mol. The van der Waals surface area contributed by atoms with Crippen molar-refractivity contribution in [2.45, 2.75) is 96.2 Å². The highest BCUT2D eigenvalue weighted by atomic mass is 15.2. The minimum Gasteiger partial charge on any atom is -0.312 e. The summed E-state index contributed by atoms with van der Waals surface area (Å²) in [6, 6.07) is 2.39. The monoisotopic (exact) mass is 266 g/mol. The third-order valence-electron chi connectivity index (χ3n) is 5.17. The second kappa shape index (κ2) is 8.26. The Hall–Kier alpha value is -0.0800. The fourth-order valence-corrected chi connectivity index (χ4v) is 4.01. The zero-order valence-corrected chi connectivity index (χ0v) is 13.2. The van der Waals surface area contributed by atoms with E-state index < -0.39 is 0 Å². The Morgan fingerprint density at radius 1 is 1.05 bits per heavy atom. The van der Waals surface area contributed by atoms with Crippen molar-refractivity contribution >= 4 is 0 Å². The van der Waals surface area contributed by atoms with Gasteiger partial charge >= 0.3 is 0 Å². The topological polar surface area (TPSA) is 15.3 Å². The van der Waals surface area contributed by atoms with Crippen molar-refractivity contribution in [2.75, 3.05) is 13.1 Å². The summed E-state index contributed by atoms with van der Waals surface area (Å²) in [6.07, 6.45) is 14.2. The molecule has 0 spiro atoms. The van der Waals surface area contributed by atoms with Gasteiger partial charge in [0.15, 0.2) is 0 Å². The van der Waals surface area contributed by atoms with Crippen LogP contribution >= 0.6 is 0 Å². The number of rotatable bonds is 6. The molecule has 0 aromatic rings. The minimum absolute atomic E-state index is 0.721. The van der Waals surface area contributed by atoms with E-state index in [0.29, 0.717) is 0 Å². The molecule has 2 fully saturated rings. The Kier molecular flexibility index (Phi) is 6.66. The molecule has 1 N–H and O–H groups in total. The number of nitrogens with zero attached hydrogens (tertiary/aromatic N) is 1. The highest BCUT2D eigenvalue weighted by molar-refractivity contribution is 4.83. The summed E-state index contributed by atoms with van der Waals surface area (Å²) in [7, 11) is 0. The van der Waals surface area contributed by atoms with E-state index in [-0.39, 0.29) is 0 Å². The maximum Gasteiger partial charge on any atom is 0.0195 e. The van der Waals surface area contributed by atoms with Crippen LogP contribution in [0.5, 0.6) is 0 Å². The maximum absolute atomic E-state index is 3.84. The lowest BCUT2D eigenvalue weighted by molar-refractivity contribution is 0.0931. The van der Waals surface area contributed by atoms with Crippen LogP contribution in [0.4, 0.5) is 0 Å². The van der Waals surface area contributed by atoms with Gasteiger partial charge in [-0.25, -0.2) is 0 Å². The molecule has 1 saturated carbocycles. The number of hydrogen-bond acceptors (Lipinski definition) is 2. The summed E-state index contributed by atoms with van der Waals surface area (Å²) in [6.45, 7) is 7.30. The molecule has 0 aromatic carbocycles. The van der Waals surface area contributed by atoms with E-state index in [0.717, 1.165) is 18.1 Å². The molecule has 0 amide bonds. The van der Waals surface area contributed by atoms with Crippen molar-refractivity contribution in [1.82, 2.24) is 10.2 Å². The fraction of sp³-hybridized carbons (Fsp3) is 1.00. The molecule has 0 radical (unpaired) electrons. The molecule has 19 heavy (non-hydrogen) atoms. The molecule has 2 unspecified atom stereocenters. The first-order chi connectivity index (χ1) is 9.31. The lowest BCUT2D eigenvalue weighted by Gasteiger charge is -2.40. The van der Waals surface area contributed by atoms with Gasteiger partial charge in [0.1, 0.15) is 0 Å². The number of hydrogen-bond donors (Lipinski definition) is 1. The van der Waals surface area contributed by atoms with Crippen LogP contribution in [0.1, 0.15) is 78.1 Å². The Morgan fingerprint density at radius 3 is 2.53 bits per heavy atom. The van der Waals surface area contributed by atoms with Gasteiger partial charge in [-0.3, -0.25) is 4.90 Å². The molecule has 1 saturated heterocycles. The van der Waals surface area contributed by atoms with E-state index in [1.165, 1.54) is 77.3 Å². The largest absolute Gasteiger partial charge is 0.312 e. The number of likely N-dealkylation sites (tertiary alicyclic amines) is 1. The van der Waals surface area contributed by atoms with E-state index in [1.54, 1.807) is 0 Å². The van der Waals surface area contributed by atoms with Gasteiger partial charge in [0, 0.05) is 24.7 Å². The van der Waals surface area contributed by atoms with Crippen molar-refractivity contribution in [3.05, 3.63) is 0 Å². The lowest BCUT2D eigenvalue weighted by atomic mass is 9.94. The molecule has 112 valence electrons. The van der Waals surface area contributed by atoms with Gasteiger partial charge in [-0.15, -0.1) is 0 Å². The number of nitrogens with one attached hydrogen (secondary N) is 1. The zero-order valence-electron chi connectivity index (χ0n) is 13.2. The van der Waals surface area contributed by atoms with Crippen LogP contribution in [0.25, 0.3) is 0 Å². The molecular formula is C17H34N2. The predicted molar refractivity (Wildman–Crippen MR) is 83.6 cm³/mol. The highest BCUT2D eigenvalue weighted by Gasteiger charge is 2.26. The van der Waals surface area contributed by atoms with Crippen molar-refractivity contribution in [3.63, 3.8) is 0 Å². The molecule has 2 nitrogen and oxygen atoms in total. The van der Waals surface area contributed by atoms with Crippen molar-refractivity contribution < 1.29 is 0 Å². The van der Waals surface area contributed by atoms with Gasteiger partial charge in [0.05, 0.1) is 0 Å². The Morgan fingerprint density at radius 2 is 1.79 bits per heavy atom. The van der Waals surface area contributed by atoms with Gasteiger partial charge in [0.25, 0.3) is 0 Å². The zero-order chi connectivity index (χ0) is 13.5. The van der Waals surface area contributed by atoms with Gasteiger partial charge in [-0.1, -0.05) is 39.0 Å². The van der Waals surface area contributed by atoms with Crippen molar-refractivity contribution in [3.8, 4) is 0 Å². The summed E-state index contributed by atoms with van der Waals surface area (Å²) >= 11 is 0. The van der Waals surface area contributed by atoms with E-state index in [4.69, 9.17) is 0 Å².